The number of amides is 1. The first-order valence-corrected chi connectivity index (χ1v) is 6.89. The number of aryl methyl sites for hydroxylation is 1. The van der Waals surface area contributed by atoms with Crippen molar-refractivity contribution in [1.82, 2.24) is 9.47 Å². The molecule has 0 fully saturated rings. The summed E-state index contributed by atoms with van der Waals surface area (Å²) >= 11 is 0. The average Bonchev–Trinajstić information content (AvgIpc) is 2.72. The van der Waals surface area contributed by atoms with Crippen molar-refractivity contribution in [2.75, 3.05) is 13.1 Å². The Kier molecular flexibility index (Phi) is 3.86. The summed E-state index contributed by atoms with van der Waals surface area (Å²) in [4.78, 5) is 14.3. The lowest BCUT2D eigenvalue weighted by Crippen LogP contribution is -2.42. The van der Waals surface area contributed by atoms with Gasteiger partial charge in [-0.3, -0.25) is 4.79 Å². The highest BCUT2D eigenvalue weighted by atomic mass is 16.3. The second-order valence-corrected chi connectivity index (χ2v) is 5.78. The molecule has 0 atom stereocenters. The van der Waals surface area contributed by atoms with Gasteiger partial charge in [0, 0.05) is 31.0 Å². The van der Waals surface area contributed by atoms with Gasteiger partial charge in [-0.25, -0.2) is 0 Å². The summed E-state index contributed by atoms with van der Waals surface area (Å²) in [5.41, 5.74) is 0.795. The number of aliphatic hydroxyl groups is 1. The van der Waals surface area contributed by atoms with E-state index in [4.69, 9.17) is 0 Å². The number of benzene rings is 1. The molecule has 2 rings (SSSR count). The van der Waals surface area contributed by atoms with E-state index in [0.717, 1.165) is 10.9 Å². The normalized spacial score (nSPS) is 11.8. The summed E-state index contributed by atoms with van der Waals surface area (Å²) in [6, 6.07) is 9.83. The molecule has 1 N–H and O–H groups in total. The van der Waals surface area contributed by atoms with Gasteiger partial charge in [0.15, 0.2) is 0 Å². The third-order valence-electron chi connectivity index (χ3n) is 3.42. The van der Waals surface area contributed by atoms with Gasteiger partial charge in [0.05, 0.1) is 5.60 Å². The molecule has 108 valence electrons. The van der Waals surface area contributed by atoms with Crippen molar-refractivity contribution < 1.29 is 9.90 Å². The second kappa shape index (κ2) is 5.29. The SMILES string of the molecule is CCN(CC(C)(C)O)C(=O)c1cc2ccccc2n1C. The summed E-state index contributed by atoms with van der Waals surface area (Å²) < 4.78 is 1.91. The quantitative estimate of drug-likeness (QED) is 0.930. The number of fused-ring (bicyclic) bond motifs is 1. The zero-order chi connectivity index (χ0) is 14.9. The molecule has 0 bridgehead atoms. The van der Waals surface area contributed by atoms with Crippen molar-refractivity contribution in [2.45, 2.75) is 26.4 Å². The molecule has 0 aliphatic carbocycles. The number of nitrogens with zero attached hydrogens (tertiary/aromatic N) is 2. The van der Waals surface area contributed by atoms with Crippen LogP contribution in [0.1, 0.15) is 31.3 Å². The molecule has 1 aromatic carbocycles. The first-order valence-electron chi connectivity index (χ1n) is 6.89. The molecule has 1 aromatic heterocycles. The Hall–Kier alpha value is -1.81. The van der Waals surface area contributed by atoms with E-state index < -0.39 is 5.60 Å². The van der Waals surface area contributed by atoms with Crippen molar-refractivity contribution >= 4 is 16.8 Å². The number of hydrogen-bond donors (Lipinski definition) is 1. The summed E-state index contributed by atoms with van der Waals surface area (Å²) in [6.07, 6.45) is 0. The third kappa shape index (κ3) is 2.85. The van der Waals surface area contributed by atoms with Gasteiger partial charge in [0.25, 0.3) is 5.91 Å². The van der Waals surface area contributed by atoms with Crippen molar-refractivity contribution in [3.8, 4) is 0 Å². The predicted octanol–water partition coefficient (Wildman–Crippen LogP) is 2.41. The van der Waals surface area contributed by atoms with Crippen LogP contribution in [0, 0.1) is 0 Å². The van der Waals surface area contributed by atoms with Crippen LogP contribution in [0.2, 0.25) is 0 Å². The van der Waals surface area contributed by atoms with Gasteiger partial charge in [-0.05, 0) is 32.9 Å². The van der Waals surface area contributed by atoms with Crippen LogP contribution < -0.4 is 0 Å². The standard InChI is InChI=1S/C16H22N2O2/c1-5-18(11-16(2,3)20)15(19)14-10-12-8-6-7-9-13(12)17(14)4/h6-10,20H,5,11H2,1-4H3. The van der Waals surface area contributed by atoms with E-state index in [9.17, 15) is 9.90 Å². The van der Waals surface area contributed by atoms with E-state index in [1.807, 2.05) is 48.9 Å². The fraction of sp³-hybridized carbons (Fsp3) is 0.438. The zero-order valence-electron chi connectivity index (χ0n) is 12.6. The Balaban J connectivity index is 2.37. The minimum absolute atomic E-state index is 0.0478. The van der Waals surface area contributed by atoms with Crippen LogP contribution in [-0.2, 0) is 7.05 Å². The average molecular weight is 274 g/mol. The maximum atomic E-state index is 12.6. The molecule has 0 unspecified atom stereocenters. The highest BCUT2D eigenvalue weighted by Crippen LogP contribution is 2.20. The monoisotopic (exact) mass is 274 g/mol. The van der Waals surface area contributed by atoms with Crippen molar-refractivity contribution in [3.05, 3.63) is 36.0 Å². The summed E-state index contributed by atoms with van der Waals surface area (Å²) in [5, 5.41) is 11.0. The van der Waals surface area contributed by atoms with Gasteiger partial charge in [-0.2, -0.15) is 0 Å². The Morgan fingerprint density at radius 3 is 2.55 bits per heavy atom. The topological polar surface area (TPSA) is 45.5 Å². The van der Waals surface area contributed by atoms with E-state index in [2.05, 4.69) is 0 Å². The molecule has 0 radical (unpaired) electrons. The van der Waals surface area contributed by atoms with E-state index in [0.29, 0.717) is 18.8 Å². The Morgan fingerprint density at radius 2 is 2.00 bits per heavy atom. The lowest BCUT2D eigenvalue weighted by Gasteiger charge is -2.28. The van der Waals surface area contributed by atoms with Gasteiger partial charge < -0.3 is 14.6 Å². The van der Waals surface area contributed by atoms with Crippen LogP contribution in [0.25, 0.3) is 10.9 Å². The number of rotatable bonds is 4. The lowest BCUT2D eigenvalue weighted by atomic mass is 10.1. The van der Waals surface area contributed by atoms with Crippen molar-refractivity contribution in [2.24, 2.45) is 7.05 Å². The van der Waals surface area contributed by atoms with Crippen LogP contribution in [0.4, 0.5) is 0 Å². The summed E-state index contributed by atoms with van der Waals surface area (Å²) in [5.74, 6) is -0.0478. The molecule has 0 aliphatic rings. The molecule has 0 saturated carbocycles. The number of para-hydroxylation sites is 1. The molecular formula is C16H22N2O2. The van der Waals surface area contributed by atoms with Crippen LogP contribution in [-0.4, -0.2) is 39.2 Å². The van der Waals surface area contributed by atoms with E-state index in [1.165, 1.54) is 0 Å². The van der Waals surface area contributed by atoms with Gasteiger partial charge >= 0.3 is 0 Å². The molecular weight excluding hydrogens is 252 g/mol. The number of carbonyl (C=O) groups excluding carboxylic acids is 1. The smallest absolute Gasteiger partial charge is 0.270 e. The zero-order valence-corrected chi connectivity index (χ0v) is 12.6. The van der Waals surface area contributed by atoms with Crippen molar-refractivity contribution in [3.63, 3.8) is 0 Å². The van der Waals surface area contributed by atoms with Gasteiger partial charge in [0.1, 0.15) is 5.69 Å². The molecule has 0 saturated heterocycles. The molecule has 20 heavy (non-hydrogen) atoms. The molecule has 4 heteroatoms. The largest absolute Gasteiger partial charge is 0.389 e. The summed E-state index contributed by atoms with van der Waals surface area (Å²) in [7, 11) is 1.90. The van der Waals surface area contributed by atoms with Crippen LogP contribution in [0.15, 0.2) is 30.3 Å². The molecule has 0 spiro atoms. The highest BCUT2D eigenvalue weighted by molar-refractivity contribution is 5.98. The molecule has 0 aliphatic heterocycles. The molecule has 2 aromatic rings. The first kappa shape index (κ1) is 14.6. The van der Waals surface area contributed by atoms with E-state index in [1.54, 1.807) is 18.7 Å². The minimum Gasteiger partial charge on any atom is -0.389 e. The van der Waals surface area contributed by atoms with Crippen LogP contribution in [0.3, 0.4) is 0 Å². The van der Waals surface area contributed by atoms with Gasteiger partial charge in [-0.1, -0.05) is 18.2 Å². The third-order valence-corrected chi connectivity index (χ3v) is 3.42. The first-order chi connectivity index (χ1) is 9.33. The van der Waals surface area contributed by atoms with E-state index in [-0.39, 0.29) is 5.91 Å². The number of likely N-dealkylation sites (N-methyl/N-ethyl adjacent to an activating group) is 1. The number of aromatic nitrogens is 1. The molecule has 1 heterocycles. The number of hydrogen-bond acceptors (Lipinski definition) is 2. The second-order valence-electron chi connectivity index (χ2n) is 5.78. The number of carbonyl (C=O) groups is 1. The van der Waals surface area contributed by atoms with Crippen LogP contribution in [0.5, 0.6) is 0 Å². The lowest BCUT2D eigenvalue weighted by molar-refractivity contribution is 0.0310. The Labute approximate surface area is 119 Å². The Morgan fingerprint density at radius 1 is 1.35 bits per heavy atom. The fourth-order valence-electron chi connectivity index (χ4n) is 2.45. The molecule has 1 amide bonds. The predicted molar refractivity (Wildman–Crippen MR) is 80.8 cm³/mol. The maximum Gasteiger partial charge on any atom is 0.270 e. The minimum atomic E-state index is -0.893. The molecule has 4 nitrogen and oxygen atoms in total. The summed E-state index contributed by atoms with van der Waals surface area (Å²) in [6.45, 7) is 6.25. The van der Waals surface area contributed by atoms with Gasteiger partial charge in [-0.15, -0.1) is 0 Å². The van der Waals surface area contributed by atoms with Gasteiger partial charge in [0.2, 0.25) is 0 Å². The fourth-order valence-corrected chi connectivity index (χ4v) is 2.45. The van der Waals surface area contributed by atoms with E-state index >= 15 is 0 Å². The highest BCUT2D eigenvalue weighted by Gasteiger charge is 2.24. The maximum absolute atomic E-state index is 12.6. The Bertz CT molecular complexity index is 623. The van der Waals surface area contributed by atoms with Crippen molar-refractivity contribution in [1.29, 1.82) is 0 Å². The van der Waals surface area contributed by atoms with Crippen LogP contribution >= 0.6 is 0 Å².